The fourth-order valence-corrected chi connectivity index (χ4v) is 4.17. The smallest absolute Gasteiger partial charge is 0.0459 e. The van der Waals surface area contributed by atoms with E-state index < -0.39 is 0 Å². The normalized spacial score (nSPS) is 35.5. The van der Waals surface area contributed by atoms with E-state index >= 15 is 0 Å². The van der Waals surface area contributed by atoms with E-state index in [9.17, 15) is 5.11 Å². The van der Waals surface area contributed by atoms with Gasteiger partial charge in [0.15, 0.2) is 0 Å². The number of hydrogen-bond donors (Lipinski definition) is 1. The van der Waals surface area contributed by atoms with Crippen LogP contribution in [0.25, 0.3) is 0 Å². The summed E-state index contributed by atoms with van der Waals surface area (Å²) in [5.41, 5.74) is 0. The summed E-state index contributed by atoms with van der Waals surface area (Å²) in [6.45, 7) is 2.65. The lowest BCUT2D eigenvalue weighted by Gasteiger charge is -2.31. The molecule has 0 radical (unpaired) electrons. The summed E-state index contributed by atoms with van der Waals surface area (Å²) in [6, 6.07) is 0. The highest BCUT2D eigenvalue weighted by atomic mass is 16.3. The minimum Gasteiger partial charge on any atom is -0.396 e. The Morgan fingerprint density at radius 3 is 1.80 bits per heavy atom. The van der Waals surface area contributed by atoms with Crippen LogP contribution in [0.4, 0.5) is 0 Å². The summed E-state index contributed by atoms with van der Waals surface area (Å²) < 4.78 is 0. The quantitative estimate of drug-likeness (QED) is 0.650. The van der Waals surface area contributed by atoms with Gasteiger partial charge in [-0.05, 0) is 68.6 Å². The van der Waals surface area contributed by atoms with Crippen LogP contribution in [0.2, 0.25) is 0 Å². The molecule has 0 unspecified atom stereocenters. The molecule has 2 rings (SSSR count). The number of aliphatic hydroxyl groups is 1. The van der Waals surface area contributed by atoms with E-state index in [-0.39, 0.29) is 0 Å². The van der Waals surface area contributed by atoms with Crippen molar-refractivity contribution in [2.45, 2.75) is 77.6 Å². The third-order valence-electron chi connectivity index (χ3n) is 5.74. The average molecular weight is 278 g/mol. The highest BCUT2D eigenvalue weighted by Gasteiger charge is 2.23. The lowest BCUT2D eigenvalue weighted by molar-refractivity contribution is 0.158. The molecule has 0 aliphatic heterocycles. The van der Waals surface area contributed by atoms with Gasteiger partial charge in [0.25, 0.3) is 0 Å². The maximum Gasteiger partial charge on any atom is 0.0459 e. The molecule has 0 atom stereocenters. The van der Waals surface area contributed by atoms with Crippen LogP contribution >= 0.6 is 0 Å². The van der Waals surface area contributed by atoms with Crippen molar-refractivity contribution in [3.63, 3.8) is 0 Å². The SMILES string of the molecule is CC/C=C/[C@H]1CC[C@H](CCC2CCC(CO)CC2)CC1. The number of allylic oxidation sites excluding steroid dienone is 2. The Hall–Kier alpha value is -0.300. The Morgan fingerprint density at radius 2 is 1.30 bits per heavy atom. The van der Waals surface area contributed by atoms with Gasteiger partial charge < -0.3 is 5.11 Å². The largest absolute Gasteiger partial charge is 0.396 e. The molecule has 0 heterocycles. The van der Waals surface area contributed by atoms with Gasteiger partial charge in [0.2, 0.25) is 0 Å². The van der Waals surface area contributed by atoms with Crippen molar-refractivity contribution in [1.29, 1.82) is 0 Å². The van der Waals surface area contributed by atoms with Crippen LogP contribution in [0.3, 0.4) is 0 Å². The minimum absolute atomic E-state index is 0.419. The second-order valence-electron chi connectivity index (χ2n) is 7.26. The van der Waals surface area contributed by atoms with Crippen LogP contribution in [0, 0.1) is 23.7 Å². The van der Waals surface area contributed by atoms with Gasteiger partial charge in [0.05, 0.1) is 0 Å². The molecule has 0 amide bonds. The Bertz CT molecular complexity index is 267. The first-order valence-corrected chi connectivity index (χ1v) is 9.09. The first-order chi connectivity index (χ1) is 9.81. The summed E-state index contributed by atoms with van der Waals surface area (Å²) in [4.78, 5) is 0. The van der Waals surface area contributed by atoms with Gasteiger partial charge in [-0.2, -0.15) is 0 Å². The fourth-order valence-electron chi connectivity index (χ4n) is 4.17. The maximum atomic E-state index is 9.19. The van der Waals surface area contributed by atoms with Crippen LogP contribution < -0.4 is 0 Å². The third kappa shape index (κ3) is 5.24. The highest BCUT2D eigenvalue weighted by molar-refractivity contribution is 4.90. The van der Waals surface area contributed by atoms with E-state index in [1.165, 1.54) is 70.6 Å². The molecule has 1 nitrogen and oxygen atoms in total. The fraction of sp³-hybridized carbons (Fsp3) is 0.895. The summed E-state index contributed by atoms with van der Waals surface area (Å²) in [5.74, 6) is 3.48. The van der Waals surface area contributed by atoms with Crippen molar-refractivity contribution in [3.05, 3.63) is 12.2 Å². The van der Waals surface area contributed by atoms with Crippen molar-refractivity contribution in [2.24, 2.45) is 23.7 Å². The second-order valence-corrected chi connectivity index (χ2v) is 7.26. The van der Waals surface area contributed by atoms with Crippen molar-refractivity contribution in [1.82, 2.24) is 0 Å². The Kier molecular flexibility index (Phi) is 7.13. The summed E-state index contributed by atoms with van der Waals surface area (Å²) in [7, 11) is 0. The van der Waals surface area contributed by atoms with E-state index in [1.54, 1.807) is 0 Å². The van der Waals surface area contributed by atoms with Crippen LogP contribution in [0.5, 0.6) is 0 Å². The van der Waals surface area contributed by atoms with E-state index in [0.29, 0.717) is 12.5 Å². The molecule has 2 fully saturated rings. The van der Waals surface area contributed by atoms with Crippen molar-refractivity contribution < 1.29 is 5.11 Å². The summed E-state index contributed by atoms with van der Waals surface area (Å²) in [5, 5.41) is 9.19. The van der Waals surface area contributed by atoms with Gasteiger partial charge in [0, 0.05) is 6.61 Å². The molecular formula is C19H34O. The lowest BCUT2D eigenvalue weighted by atomic mass is 9.75. The summed E-state index contributed by atoms with van der Waals surface area (Å²) in [6.07, 6.45) is 20.0. The number of rotatable bonds is 6. The molecular weight excluding hydrogens is 244 g/mol. The predicted octanol–water partition coefficient (Wildman–Crippen LogP) is 5.34. The van der Waals surface area contributed by atoms with Gasteiger partial charge in [-0.1, -0.05) is 44.8 Å². The monoisotopic (exact) mass is 278 g/mol. The van der Waals surface area contributed by atoms with Crippen LogP contribution in [-0.2, 0) is 0 Å². The Balaban J connectivity index is 1.58. The van der Waals surface area contributed by atoms with Crippen molar-refractivity contribution in [2.75, 3.05) is 6.61 Å². The van der Waals surface area contributed by atoms with Crippen LogP contribution in [0.15, 0.2) is 12.2 Å². The van der Waals surface area contributed by atoms with Crippen LogP contribution in [0.1, 0.15) is 77.6 Å². The molecule has 2 aliphatic rings. The second kappa shape index (κ2) is 8.87. The Labute approximate surface area is 125 Å². The predicted molar refractivity (Wildman–Crippen MR) is 86.6 cm³/mol. The van der Waals surface area contributed by atoms with Crippen molar-refractivity contribution >= 4 is 0 Å². The topological polar surface area (TPSA) is 20.2 Å². The van der Waals surface area contributed by atoms with Gasteiger partial charge >= 0.3 is 0 Å². The maximum absolute atomic E-state index is 9.19. The van der Waals surface area contributed by atoms with Gasteiger partial charge in [0.1, 0.15) is 0 Å². The zero-order valence-corrected chi connectivity index (χ0v) is 13.4. The molecule has 0 aromatic heterocycles. The molecule has 2 aliphatic carbocycles. The lowest BCUT2D eigenvalue weighted by Crippen LogP contribution is -2.19. The molecule has 0 aromatic carbocycles. The van der Waals surface area contributed by atoms with Gasteiger partial charge in [-0.25, -0.2) is 0 Å². The molecule has 2 saturated carbocycles. The highest BCUT2D eigenvalue weighted by Crippen LogP contribution is 2.36. The Morgan fingerprint density at radius 1 is 0.800 bits per heavy atom. The van der Waals surface area contributed by atoms with Crippen LogP contribution in [-0.4, -0.2) is 11.7 Å². The molecule has 0 saturated heterocycles. The minimum atomic E-state index is 0.419. The summed E-state index contributed by atoms with van der Waals surface area (Å²) >= 11 is 0. The molecule has 20 heavy (non-hydrogen) atoms. The van der Waals surface area contributed by atoms with E-state index in [4.69, 9.17) is 0 Å². The molecule has 0 aromatic rings. The molecule has 1 N–H and O–H groups in total. The average Bonchev–Trinajstić information content (AvgIpc) is 2.52. The van der Waals surface area contributed by atoms with Crippen molar-refractivity contribution in [3.8, 4) is 0 Å². The zero-order chi connectivity index (χ0) is 14.2. The molecule has 116 valence electrons. The van der Waals surface area contributed by atoms with E-state index in [0.717, 1.165) is 17.8 Å². The zero-order valence-electron chi connectivity index (χ0n) is 13.4. The first kappa shape index (κ1) is 16.1. The number of hydrogen-bond acceptors (Lipinski definition) is 1. The first-order valence-electron chi connectivity index (χ1n) is 9.09. The third-order valence-corrected chi connectivity index (χ3v) is 5.74. The van der Waals surface area contributed by atoms with Gasteiger partial charge in [-0.15, -0.1) is 0 Å². The van der Waals surface area contributed by atoms with E-state index in [2.05, 4.69) is 19.1 Å². The number of aliphatic hydroxyl groups excluding tert-OH is 1. The van der Waals surface area contributed by atoms with E-state index in [1.807, 2.05) is 0 Å². The molecule has 0 bridgehead atoms. The molecule has 0 spiro atoms. The molecule has 1 heteroatoms. The standard InChI is InChI=1S/C19H34O/c1-2-3-4-16-5-7-17(8-6-16)9-10-18-11-13-19(15-20)14-12-18/h3-4,16-20H,2,5-15H2,1H3/b4-3+/t16-,17-,18?,19?. The van der Waals surface area contributed by atoms with Gasteiger partial charge in [-0.3, -0.25) is 0 Å².